The predicted molar refractivity (Wildman–Crippen MR) is 108 cm³/mol. The first-order chi connectivity index (χ1) is 12.5. The van der Waals surface area contributed by atoms with Crippen LogP contribution in [0.2, 0.25) is 0 Å². The van der Waals surface area contributed by atoms with Crippen LogP contribution in [0.1, 0.15) is 12.5 Å². The van der Waals surface area contributed by atoms with Crippen molar-refractivity contribution in [2.45, 2.75) is 6.92 Å². The van der Waals surface area contributed by atoms with E-state index in [0.717, 1.165) is 23.2 Å². The van der Waals surface area contributed by atoms with E-state index < -0.39 is 11.8 Å². The Labute approximate surface area is 157 Å². The van der Waals surface area contributed by atoms with Gasteiger partial charge in [0.25, 0.3) is 11.8 Å². The Morgan fingerprint density at radius 1 is 0.923 bits per heavy atom. The number of nitrogens with zero attached hydrogens (tertiary/aromatic N) is 1. The van der Waals surface area contributed by atoms with Gasteiger partial charge in [0.15, 0.2) is 5.11 Å². The van der Waals surface area contributed by atoms with Gasteiger partial charge in [0.2, 0.25) is 0 Å². The molecule has 1 heterocycles. The van der Waals surface area contributed by atoms with Crippen molar-refractivity contribution in [3.8, 4) is 11.1 Å². The summed E-state index contributed by atoms with van der Waals surface area (Å²) in [5.41, 5.74) is 4.15. The van der Waals surface area contributed by atoms with Crippen molar-refractivity contribution < 1.29 is 9.59 Å². The summed E-state index contributed by atoms with van der Waals surface area (Å²) in [6.45, 7) is 3.07. The average molecular weight is 365 g/mol. The molecule has 132 valence electrons. The highest BCUT2D eigenvalue weighted by molar-refractivity contribution is 7.80. The van der Waals surface area contributed by atoms with E-state index in [1.54, 1.807) is 6.08 Å². The summed E-state index contributed by atoms with van der Waals surface area (Å²) in [5.74, 6) is -0.975. The summed E-state index contributed by atoms with van der Waals surface area (Å²) < 4.78 is 0. The minimum absolute atomic E-state index is 0.0321. The summed E-state index contributed by atoms with van der Waals surface area (Å²) in [5, 5.41) is 4.88. The molecular formula is C20H19N3O2S. The van der Waals surface area contributed by atoms with Gasteiger partial charge in [0.05, 0.1) is 0 Å². The van der Waals surface area contributed by atoms with Gasteiger partial charge in [-0.15, -0.1) is 0 Å². The number of benzene rings is 2. The second-order valence-corrected chi connectivity index (χ2v) is 6.39. The molecule has 0 saturated carbocycles. The van der Waals surface area contributed by atoms with Crippen LogP contribution in [0, 0.1) is 0 Å². The van der Waals surface area contributed by atoms with Crippen LogP contribution in [0.15, 0.2) is 54.1 Å². The topological polar surface area (TPSA) is 61.4 Å². The van der Waals surface area contributed by atoms with Gasteiger partial charge in [-0.05, 0) is 54.0 Å². The van der Waals surface area contributed by atoms with Crippen molar-refractivity contribution in [3.63, 3.8) is 0 Å². The van der Waals surface area contributed by atoms with E-state index in [1.807, 2.05) is 24.3 Å². The second-order valence-electron chi connectivity index (χ2n) is 5.98. The molecule has 6 heteroatoms. The fourth-order valence-electron chi connectivity index (χ4n) is 2.64. The van der Waals surface area contributed by atoms with E-state index in [9.17, 15) is 9.59 Å². The molecule has 1 aliphatic rings. The number of hydrogen-bond acceptors (Lipinski definition) is 4. The van der Waals surface area contributed by atoms with Gasteiger partial charge in [-0.2, -0.15) is 0 Å². The molecule has 0 aromatic heterocycles. The van der Waals surface area contributed by atoms with Crippen molar-refractivity contribution in [1.29, 1.82) is 0 Å². The highest BCUT2D eigenvalue weighted by Crippen LogP contribution is 2.24. The Morgan fingerprint density at radius 3 is 1.92 bits per heavy atom. The molecular weight excluding hydrogens is 346 g/mol. The fourth-order valence-corrected chi connectivity index (χ4v) is 2.82. The molecule has 0 spiro atoms. The number of nitrogens with one attached hydrogen (secondary N) is 2. The minimum atomic E-state index is -0.488. The number of anilines is 1. The molecule has 2 aromatic rings. The third-order valence-electron chi connectivity index (χ3n) is 4.28. The molecule has 0 aliphatic carbocycles. The molecule has 2 amide bonds. The van der Waals surface area contributed by atoms with E-state index >= 15 is 0 Å². The van der Waals surface area contributed by atoms with Crippen LogP contribution in [0.5, 0.6) is 0 Å². The lowest BCUT2D eigenvalue weighted by Crippen LogP contribution is -2.51. The van der Waals surface area contributed by atoms with Gasteiger partial charge in [0, 0.05) is 19.3 Å². The van der Waals surface area contributed by atoms with E-state index in [1.165, 1.54) is 5.69 Å². The van der Waals surface area contributed by atoms with Crippen LogP contribution >= 0.6 is 12.2 Å². The normalized spacial score (nSPS) is 13.9. The Hall–Kier alpha value is -2.99. The van der Waals surface area contributed by atoms with Crippen molar-refractivity contribution in [1.82, 2.24) is 10.6 Å². The largest absolute Gasteiger partial charge is 0.375 e. The van der Waals surface area contributed by atoms with Crippen LogP contribution < -0.4 is 15.5 Å². The Balaban J connectivity index is 1.80. The number of carbonyl (C=O) groups excluding carboxylic acids is 2. The molecule has 5 nitrogen and oxygen atoms in total. The van der Waals surface area contributed by atoms with E-state index in [2.05, 4.69) is 53.8 Å². The molecule has 3 rings (SSSR count). The Bertz CT molecular complexity index is 864. The third kappa shape index (κ3) is 3.81. The van der Waals surface area contributed by atoms with E-state index in [0.29, 0.717) is 0 Å². The van der Waals surface area contributed by atoms with Crippen LogP contribution in [0.25, 0.3) is 17.2 Å². The molecule has 26 heavy (non-hydrogen) atoms. The third-order valence-corrected chi connectivity index (χ3v) is 4.48. The first-order valence-electron chi connectivity index (χ1n) is 8.28. The van der Waals surface area contributed by atoms with Gasteiger partial charge in [-0.1, -0.05) is 36.4 Å². The summed E-state index contributed by atoms with van der Waals surface area (Å²) in [7, 11) is 2.06. The Kier molecular flexibility index (Phi) is 5.14. The lowest BCUT2D eigenvalue weighted by molar-refractivity contribution is -0.123. The summed E-state index contributed by atoms with van der Waals surface area (Å²) in [6, 6.07) is 16.0. The van der Waals surface area contributed by atoms with E-state index in [4.69, 9.17) is 12.2 Å². The number of hydrogen-bond donors (Lipinski definition) is 2. The maximum atomic E-state index is 11.9. The fraction of sp³-hybridized carbons (Fsp3) is 0.150. The van der Waals surface area contributed by atoms with Crippen LogP contribution in [0.3, 0.4) is 0 Å². The van der Waals surface area contributed by atoms with Crippen LogP contribution in [-0.2, 0) is 9.59 Å². The molecule has 2 aromatic carbocycles. The smallest absolute Gasteiger partial charge is 0.263 e. The van der Waals surface area contributed by atoms with Crippen LogP contribution in [0.4, 0.5) is 5.69 Å². The number of rotatable bonds is 4. The molecule has 0 unspecified atom stereocenters. The summed E-state index contributed by atoms with van der Waals surface area (Å²) >= 11 is 4.79. The standard InChI is InChI=1S/C20H19N3O2S/c1-3-23(2)16-10-8-15(9-11-16)14-6-4-13(5-7-14)12-17-18(24)21-20(26)22-19(17)25/h4-12H,3H2,1-2H3,(H2,21,22,24,25,26). The highest BCUT2D eigenvalue weighted by Gasteiger charge is 2.25. The molecule has 1 saturated heterocycles. The van der Waals surface area contributed by atoms with Gasteiger partial charge >= 0.3 is 0 Å². The van der Waals surface area contributed by atoms with Crippen LogP contribution in [-0.4, -0.2) is 30.5 Å². The first-order valence-corrected chi connectivity index (χ1v) is 8.68. The second kappa shape index (κ2) is 7.49. The van der Waals surface area contributed by atoms with Crippen molar-refractivity contribution >= 4 is 40.9 Å². The predicted octanol–water partition coefficient (Wildman–Crippen LogP) is 2.72. The monoisotopic (exact) mass is 365 g/mol. The maximum absolute atomic E-state index is 11.9. The number of carbonyl (C=O) groups is 2. The van der Waals surface area contributed by atoms with Crippen molar-refractivity contribution in [2.75, 3.05) is 18.5 Å². The molecule has 1 aliphatic heterocycles. The zero-order valence-corrected chi connectivity index (χ0v) is 15.4. The average Bonchev–Trinajstić information content (AvgIpc) is 2.64. The van der Waals surface area contributed by atoms with Crippen molar-refractivity contribution in [2.24, 2.45) is 0 Å². The van der Waals surface area contributed by atoms with Gasteiger partial charge < -0.3 is 4.90 Å². The molecule has 0 atom stereocenters. The minimum Gasteiger partial charge on any atom is -0.375 e. The van der Waals surface area contributed by atoms with Gasteiger partial charge in [0.1, 0.15) is 5.57 Å². The molecule has 0 bridgehead atoms. The quantitative estimate of drug-likeness (QED) is 0.497. The lowest BCUT2D eigenvalue weighted by atomic mass is 10.0. The number of thiocarbonyl (C=S) groups is 1. The molecule has 2 N–H and O–H groups in total. The lowest BCUT2D eigenvalue weighted by Gasteiger charge is -2.17. The van der Waals surface area contributed by atoms with Gasteiger partial charge in [-0.25, -0.2) is 0 Å². The Morgan fingerprint density at radius 2 is 1.42 bits per heavy atom. The first kappa shape index (κ1) is 17.8. The molecule has 0 radical (unpaired) electrons. The zero-order chi connectivity index (χ0) is 18.7. The maximum Gasteiger partial charge on any atom is 0.263 e. The summed E-state index contributed by atoms with van der Waals surface area (Å²) in [4.78, 5) is 25.9. The summed E-state index contributed by atoms with van der Waals surface area (Å²) in [6.07, 6.45) is 1.55. The number of amides is 2. The zero-order valence-electron chi connectivity index (χ0n) is 14.6. The SMILES string of the molecule is CCN(C)c1ccc(-c2ccc(C=C3C(=O)NC(=S)NC3=O)cc2)cc1. The molecule has 1 fully saturated rings. The van der Waals surface area contributed by atoms with E-state index in [-0.39, 0.29) is 10.7 Å². The highest BCUT2D eigenvalue weighted by atomic mass is 32.1. The van der Waals surface area contributed by atoms with Gasteiger partial charge in [-0.3, -0.25) is 20.2 Å². The van der Waals surface area contributed by atoms with Crippen molar-refractivity contribution in [3.05, 3.63) is 59.7 Å².